The Hall–Kier alpha value is -3.60. The highest BCUT2D eigenvalue weighted by Gasteiger charge is 2.35. The summed E-state index contributed by atoms with van der Waals surface area (Å²) >= 11 is 0.953. The molecule has 0 aliphatic carbocycles. The lowest BCUT2D eigenvalue weighted by Gasteiger charge is -2.10. The molecule has 30 heavy (non-hydrogen) atoms. The number of imide groups is 1. The maximum absolute atomic E-state index is 12.6. The fourth-order valence-corrected chi connectivity index (χ4v) is 3.59. The number of hydrogen-bond donors (Lipinski definition) is 1. The van der Waals surface area contributed by atoms with Crippen LogP contribution < -0.4 is 5.32 Å². The summed E-state index contributed by atoms with van der Waals surface area (Å²) in [5.41, 5.74) is -0.232. The van der Waals surface area contributed by atoms with E-state index in [1.807, 2.05) is 0 Å². The van der Waals surface area contributed by atoms with Crippen molar-refractivity contribution in [2.45, 2.75) is 12.7 Å². The second kappa shape index (κ2) is 7.34. The van der Waals surface area contributed by atoms with Gasteiger partial charge in [-0.2, -0.15) is 13.2 Å². The van der Waals surface area contributed by atoms with Crippen molar-refractivity contribution in [3.63, 3.8) is 0 Å². The van der Waals surface area contributed by atoms with Gasteiger partial charge in [-0.3, -0.25) is 24.6 Å². The maximum Gasteiger partial charge on any atom is 0.416 e. The van der Waals surface area contributed by atoms with Gasteiger partial charge in [0, 0.05) is 5.56 Å². The number of fused-ring (bicyclic) bond motifs is 1. The van der Waals surface area contributed by atoms with Crippen LogP contribution >= 0.6 is 11.3 Å². The Bertz CT molecular complexity index is 1120. The van der Waals surface area contributed by atoms with E-state index in [4.69, 9.17) is 0 Å². The highest BCUT2D eigenvalue weighted by Crippen LogP contribution is 2.29. The van der Waals surface area contributed by atoms with Crippen molar-refractivity contribution < 1.29 is 27.6 Å². The van der Waals surface area contributed by atoms with Gasteiger partial charge in [0.15, 0.2) is 0 Å². The highest BCUT2D eigenvalue weighted by molar-refractivity contribution is 7.15. The van der Waals surface area contributed by atoms with Crippen molar-refractivity contribution >= 4 is 34.2 Å². The average molecular weight is 432 g/mol. The molecule has 3 amide bonds. The minimum absolute atomic E-state index is 0.0140. The molecule has 1 N–H and O–H groups in total. The summed E-state index contributed by atoms with van der Waals surface area (Å²) in [5.74, 6) is -1.55. The highest BCUT2D eigenvalue weighted by atomic mass is 32.1. The predicted octanol–water partition coefficient (Wildman–Crippen LogP) is 3.61. The van der Waals surface area contributed by atoms with E-state index in [0.717, 1.165) is 40.5 Å². The number of halogens is 3. The molecule has 0 atom stereocenters. The fraction of sp³-hybridized carbons (Fsp3) is 0.105. The van der Waals surface area contributed by atoms with Crippen LogP contribution in [0.5, 0.6) is 0 Å². The molecule has 0 saturated carbocycles. The molecular formula is C19H11F3N4O3S. The van der Waals surface area contributed by atoms with E-state index >= 15 is 0 Å². The van der Waals surface area contributed by atoms with Gasteiger partial charge in [-0.05, 0) is 36.4 Å². The third kappa shape index (κ3) is 3.66. The summed E-state index contributed by atoms with van der Waals surface area (Å²) in [6, 6.07) is 10.2. The number of carbonyl (C=O) groups excluding carboxylic acids is 3. The third-order valence-electron chi connectivity index (χ3n) is 4.33. The number of alkyl halides is 3. The van der Waals surface area contributed by atoms with Gasteiger partial charge in [-0.25, -0.2) is 0 Å². The smallest absolute Gasteiger partial charge is 0.296 e. The molecule has 11 heteroatoms. The first-order valence-corrected chi connectivity index (χ1v) is 9.32. The minimum Gasteiger partial charge on any atom is -0.296 e. The van der Waals surface area contributed by atoms with Crippen molar-refractivity contribution in [1.82, 2.24) is 15.1 Å². The summed E-state index contributed by atoms with van der Waals surface area (Å²) in [5, 5.41) is 10.5. The Balaban J connectivity index is 1.43. The molecule has 2 heterocycles. The largest absolute Gasteiger partial charge is 0.416 e. The van der Waals surface area contributed by atoms with Gasteiger partial charge in [-0.15, -0.1) is 10.2 Å². The number of anilines is 1. The molecule has 2 aromatic carbocycles. The van der Waals surface area contributed by atoms with Crippen molar-refractivity contribution in [2.75, 3.05) is 5.32 Å². The molecule has 3 aromatic rings. The normalized spacial score (nSPS) is 13.5. The zero-order valence-electron chi connectivity index (χ0n) is 14.9. The number of aromatic nitrogens is 2. The number of nitrogens with one attached hydrogen (secondary N) is 1. The molecular weight excluding hydrogens is 421 g/mol. The van der Waals surface area contributed by atoms with Gasteiger partial charge in [0.05, 0.1) is 23.2 Å². The summed E-state index contributed by atoms with van der Waals surface area (Å²) < 4.78 is 37.8. The SMILES string of the molecule is O=C(Nc1nnc(CN2C(=O)c3ccccc3C2=O)s1)c1ccc(C(F)(F)F)cc1. The number of hydrogen-bond acceptors (Lipinski definition) is 6. The van der Waals surface area contributed by atoms with Crippen LogP contribution in [0, 0.1) is 0 Å². The number of benzene rings is 2. The Morgan fingerprint density at radius 3 is 2.13 bits per heavy atom. The van der Waals surface area contributed by atoms with Crippen LogP contribution in [0.15, 0.2) is 48.5 Å². The van der Waals surface area contributed by atoms with Crippen molar-refractivity contribution in [3.05, 3.63) is 75.8 Å². The third-order valence-corrected chi connectivity index (χ3v) is 5.16. The Kier molecular flexibility index (Phi) is 4.82. The Morgan fingerprint density at radius 2 is 1.57 bits per heavy atom. The summed E-state index contributed by atoms with van der Waals surface area (Å²) in [6.07, 6.45) is -4.49. The molecule has 152 valence electrons. The van der Waals surface area contributed by atoms with Crippen LogP contribution in [0.2, 0.25) is 0 Å². The first kappa shape index (κ1) is 19.7. The van der Waals surface area contributed by atoms with E-state index in [0.29, 0.717) is 16.1 Å². The van der Waals surface area contributed by atoms with Crippen LogP contribution in [0.3, 0.4) is 0 Å². The van der Waals surface area contributed by atoms with E-state index < -0.39 is 29.5 Å². The van der Waals surface area contributed by atoms with Crippen LogP contribution in [-0.2, 0) is 12.7 Å². The molecule has 0 unspecified atom stereocenters. The van der Waals surface area contributed by atoms with E-state index in [1.54, 1.807) is 24.3 Å². The van der Waals surface area contributed by atoms with E-state index in [9.17, 15) is 27.6 Å². The molecule has 0 spiro atoms. The van der Waals surface area contributed by atoms with Crippen LogP contribution in [-0.4, -0.2) is 32.8 Å². The molecule has 4 rings (SSSR count). The number of carbonyl (C=O) groups is 3. The van der Waals surface area contributed by atoms with E-state index in [-0.39, 0.29) is 17.2 Å². The lowest BCUT2D eigenvalue weighted by atomic mass is 10.1. The van der Waals surface area contributed by atoms with E-state index in [2.05, 4.69) is 15.5 Å². The van der Waals surface area contributed by atoms with Gasteiger partial charge in [-0.1, -0.05) is 23.5 Å². The van der Waals surface area contributed by atoms with Gasteiger partial charge in [0.25, 0.3) is 17.7 Å². The Labute approximate surface area is 171 Å². The molecule has 1 aliphatic heterocycles. The second-order valence-electron chi connectivity index (χ2n) is 6.27. The molecule has 0 radical (unpaired) electrons. The quantitative estimate of drug-likeness (QED) is 0.636. The van der Waals surface area contributed by atoms with E-state index in [1.165, 1.54) is 0 Å². The van der Waals surface area contributed by atoms with Crippen LogP contribution in [0.1, 0.15) is 41.6 Å². The lowest BCUT2D eigenvalue weighted by Crippen LogP contribution is -2.29. The summed E-state index contributed by atoms with van der Waals surface area (Å²) in [4.78, 5) is 38.0. The molecule has 0 fully saturated rings. The standard InChI is InChI=1S/C19H11F3N4O3S/c20-19(21,22)11-7-5-10(6-8-11)15(27)23-18-25-24-14(30-18)9-26-16(28)12-3-1-2-4-13(12)17(26)29/h1-8H,9H2,(H,23,25,27). The molecule has 1 aromatic heterocycles. The topological polar surface area (TPSA) is 92.3 Å². The lowest BCUT2D eigenvalue weighted by molar-refractivity contribution is -0.137. The first-order chi connectivity index (χ1) is 14.2. The molecule has 7 nitrogen and oxygen atoms in total. The number of nitrogens with zero attached hydrogens (tertiary/aromatic N) is 3. The van der Waals surface area contributed by atoms with Crippen LogP contribution in [0.4, 0.5) is 18.3 Å². The summed E-state index contributed by atoms with van der Waals surface area (Å²) in [6.45, 7) is -0.111. The second-order valence-corrected chi connectivity index (χ2v) is 7.33. The van der Waals surface area contributed by atoms with Gasteiger partial charge < -0.3 is 0 Å². The van der Waals surface area contributed by atoms with Gasteiger partial charge in [0.2, 0.25) is 5.13 Å². The predicted molar refractivity (Wildman–Crippen MR) is 100.0 cm³/mol. The van der Waals surface area contributed by atoms with Crippen LogP contribution in [0.25, 0.3) is 0 Å². The fourth-order valence-electron chi connectivity index (χ4n) is 2.87. The van der Waals surface area contributed by atoms with Gasteiger partial charge in [0.1, 0.15) is 5.01 Å². The van der Waals surface area contributed by atoms with Crippen molar-refractivity contribution in [1.29, 1.82) is 0 Å². The number of rotatable bonds is 4. The Morgan fingerprint density at radius 1 is 0.967 bits per heavy atom. The monoisotopic (exact) mass is 432 g/mol. The zero-order valence-corrected chi connectivity index (χ0v) is 15.8. The number of amides is 3. The van der Waals surface area contributed by atoms with Gasteiger partial charge >= 0.3 is 6.18 Å². The zero-order chi connectivity index (χ0) is 21.5. The molecule has 0 bridgehead atoms. The maximum atomic E-state index is 12.6. The molecule has 0 saturated heterocycles. The molecule has 1 aliphatic rings. The summed E-state index contributed by atoms with van der Waals surface area (Å²) in [7, 11) is 0. The first-order valence-electron chi connectivity index (χ1n) is 8.50. The minimum atomic E-state index is -4.49. The van der Waals surface area contributed by atoms with Crippen molar-refractivity contribution in [2.24, 2.45) is 0 Å². The average Bonchev–Trinajstić information content (AvgIpc) is 3.26. The van der Waals surface area contributed by atoms with Crippen molar-refractivity contribution in [3.8, 4) is 0 Å².